The van der Waals surface area contributed by atoms with Gasteiger partial charge in [-0.25, -0.2) is 13.1 Å². The number of benzene rings is 2. The average molecular weight is 485 g/mol. The zero-order valence-corrected chi connectivity index (χ0v) is 20.2. The minimum absolute atomic E-state index is 0.0811. The van der Waals surface area contributed by atoms with Crippen LogP contribution in [0.2, 0.25) is 5.02 Å². The fourth-order valence-corrected chi connectivity index (χ4v) is 4.34. The highest BCUT2D eigenvalue weighted by atomic mass is 35.5. The van der Waals surface area contributed by atoms with Crippen LogP contribution < -0.4 is 19.5 Å². The normalized spacial score (nSPS) is 12.3. The van der Waals surface area contributed by atoms with Gasteiger partial charge in [0, 0.05) is 24.4 Å². The zero-order chi connectivity index (χ0) is 23.7. The van der Waals surface area contributed by atoms with E-state index in [1.165, 1.54) is 37.4 Å². The summed E-state index contributed by atoms with van der Waals surface area (Å²) in [7, 11) is -2.20. The number of sulfonamides is 1. The molecule has 1 atom stereocenters. The van der Waals surface area contributed by atoms with Crippen molar-refractivity contribution in [1.29, 1.82) is 0 Å². The van der Waals surface area contributed by atoms with Crippen LogP contribution in [0.25, 0.3) is 0 Å². The molecule has 0 saturated heterocycles. The van der Waals surface area contributed by atoms with Gasteiger partial charge in [0.2, 0.25) is 10.0 Å². The van der Waals surface area contributed by atoms with Crippen LogP contribution >= 0.6 is 11.6 Å². The summed E-state index contributed by atoms with van der Waals surface area (Å²) in [6.45, 7) is 6.61. The van der Waals surface area contributed by atoms with Gasteiger partial charge in [0.05, 0.1) is 29.7 Å². The number of ether oxygens (including phenoxy) is 3. The van der Waals surface area contributed by atoms with E-state index in [1.54, 1.807) is 13.0 Å². The molecular formula is C22H29ClN2O6S. The maximum Gasteiger partial charge on any atom is 0.255 e. The molecule has 0 aromatic heterocycles. The van der Waals surface area contributed by atoms with Gasteiger partial charge in [0.25, 0.3) is 5.91 Å². The standard InChI is InChI=1S/C22H29ClN2O6S/c1-5-11-31-21-19(23)12-16(13-20(21)30-6-2)22(26)24-17-7-9-18(10-8-17)32(27,28)25-15(3)14-29-4/h7-10,12-13,15,25H,5-6,11,14H2,1-4H3,(H,24,26). The zero-order valence-electron chi connectivity index (χ0n) is 18.6. The summed E-state index contributed by atoms with van der Waals surface area (Å²) < 4.78 is 43.6. The molecular weight excluding hydrogens is 456 g/mol. The lowest BCUT2D eigenvalue weighted by Crippen LogP contribution is -2.35. The van der Waals surface area contributed by atoms with Gasteiger partial charge >= 0.3 is 0 Å². The molecule has 176 valence electrons. The third kappa shape index (κ3) is 7.09. The van der Waals surface area contributed by atoms with E-state index in [1.807, 2.05) is 13.8 Å². The van der Waals surface area contributed by atoms with Crippen LogP contribution in [0.3, 0.4) is 0 Å². The van der Waals surface area contributed by atoms with E-state index in [4.69, 9.17) is 25.8 Å². The van der Waals surface area contributed by atoms with E-state index in [0.717, 1.165) is 6.42 Å². The Labute approximate surface area is 194 Å². The van der Waals surface area contributed by atoms with Crippen molar-refractivity contribution in [3.8, 4) is 11.5 Å². The van der Waals surface area contributed by atoms with E-state index < -0.39 is 15.9 Å². The number of hydrogen-bond acceptors (Lipinski definition) is 6. The first-order valence-corrected chi connectivity index (χ1v) is 12.1. The van der Waals surface area contributed by atoms with Crippen molar-refractivity contribution in [3.05, 3.63) is 47.0 Å². The van der Waals surface area contributed by atoms with E-state index >= 15 is 0 Å². The van der Waals surface area contributed by atoms with Gasteiger partial charge in [0.1, 0.15) is 0 Å². The van der Waals surface area contributed by atoms with Crippen LogP contribution in [-0.4, -0.2) is 47.3 Å². The molecule has 2 aromatic rings. The van der Waals surface area contributed by atoms with E-state index in [-0.39, 0.29) is 28.1 Å². The maximum atomic E-state index is 12.7. The third-order valence-corrected chi connectivity index (χ3v) is 6.10. The number of carbonyl (C=O) groups is 1. The number of hydrogen-bond donors (Lipinski definition) is 2. The van der Waals surface area contributed by atoms with Gasteiger partial charge in [-0.2, -0.15) is 0 Å². The number of halogens is 1. The molecule has 2 aromatic carbocycles. The molecule has 0 spiro atoms. The van der Waals surface area contributed by atoms with Gasteiger partial charge in [-0.05, 0) is 56.7 Å². The second kappa shape index (κ2) is 12.1. The van der Waals surface area contributed by atoms with Crippen molar-refractivity contribution < 1.29 is 27.4 Å². The van der Waals surface area contributed by atoms with Crippen molar-refractivity contribution in [2.75, 3.05) is 32.2 Å². The molecule has 0 fully saturated rings. The number of rotatable bonds is 12. The predicted molar refractivity (Wildman–Crippen MR) is 124 cm³/mol. The van der Waals surface area contributed by atoms with Crippen molar-refractivity contribution in [3.63, 3.8) is 0 Å². The lowest BCUT2D eigenvalue weighted by molar-refractivity contribution is 0.102. The summed E-state index contributed by atoms with van der Waals surface area (Å²) in [6.07, 6.45) is 0.802. The Kier molecular flexibility index (Phi) is 9.77. The first-order chi connectivity index (χ1) is 15.2. The molecule has 32 heavy (non-hydrogen) atoms. The van der Waals surface area contributed by atoms with Crippen LogP contribution in [0.4, 0.5) is 5.69 Å². The molecule has 2 N–H and O–H groups in total. The summed E-state index contributed by atoms with van der Waals surface area (Å²) in [5.74, 6) is 0.366. The number of anilines is 1. The lowest BCUT2D eigenvalue weighted by atomic mass is 10.1. The maximum absolute atomic E-state index is 12.7. The Morgan fingerprint density at radius 2 is 1.81 bits per heavy atom. The van der Waals surface area contributed by atoms with Crippen molar-refractivity contribution in [2.24, 2.45) is 0 Å². The fraction of sp³-hybridized carbons (Fsp3) is 0.409. The molecule has 10 heteroatoms. The van der Waals surface area contributed by atoms with Crippen LogP contribution in [-0.2, 0) is 14.8 Å². The first-order valence-electron chi connectivity index (χ1n) is 10.2. The van der Waals surface area contributed by atoms with Crippen LogP contribution in [0.1, 0.15) is 37.6 Å². The molecule has 0 aliphatic rings. The van der Waals surface area contributed by atoms with E-state index in [2.05, 4.69) is 10.0 Å². The molecule has 8 nitrogen and oxygen atoms in total. The molecule has 1 unspecified atom stereocenters. The largest absolute Gasteiger partial charge is 0.490 e. The Balaban J connectivity index is 2.17. The average Bonchev–Trinajstić information content (AvgIpc) is 2.73. The Morgan fingerprint density at radius 1 is 1.12 bits per heavy atom. The SMILES string of the molecule is CCCOc1c(Cl)cc(C(=O)Nc2ccc(S(=O)(=O)NC(C)COC)cc2)cc1OCC. The van der Waals surface area contributed by atoms with Crippen molar-refractivity contribution >= 4 is 33.2 Å². The molecule has 0 aliphatic heterocycles. The third-order valence-electron chi connectivity index (χ3n) is 4.22. The number of carbonyl (C=O) groups excluding carboxylic acids is 1. The number of methoxy groups -OCH3 is 1. The molecule has 0 bridgehead atoms. The van der Waals surface area contributed by atoms with Crippen LogP contribution in [0, 0.1) is 0 Å². The van der Waals surface area contributed by atoms with Gasteiger partial charge in [-0.3, -0.25) is 4.79 Å². The quantitative estimate of drug-likeness (QED) is 0.470. The molecule has 1 amide bonds. The minimum atomic E-state index is -3.70. The van der Waals surface area contributed by atoms with Gasteiger partial charge in [-0.1, -0.05) is 18.5 Å². The topological polar surface area (TPSA) is 103 Å². The first kappa shape index (κ1) is 25.9. The molecule has 0 aliphatic carbocycles. The summed E-state index contributed by atoms with van der Waals surface area (Å²) in [5, 5.41) is 3.00. The highest BCUT2D eigenvalue weighted by Crippen LogP contribution is 2.37. The Bertz CT molecular complexity index is 1010. The monoisotopic (exact) mass is 484 g/mol. The summed E-state index contributed by atoms with van der Waals surface area (Å²) in [6, 6.07) is 8.54. The van der Waals surface area contributed by atoms with Gasteiger partial charge in [0.15, 0.2) is 11.5 Å². The van der Waals surface area contributed by atoms with Crippen molar-refractivity contribution in [2.45, 2.75) is 38.1 Å². The minimum Gasteiger partial charge on any atom is -0.490 e. The molecule has 0 radical (unpaired) electrons. The summed E-state index contributed by atoms with van der Waals surface area (Å²) in [5.41, 5.74) is 0.716. The van der Waals surface area contributed by atoms with Gasteiger partial charge in [-0.15, -0.1) is 0 Å². The van der Waals surface area contributed by atoms with Crippen molar-refractivity contribution in [1.82, 2.24) is 4.72 Å². The Hall–Kier alpha value is -2.33. The molecule has 0 heterocycles. The highest BCUT2D eigenvalue weighted by Gasteiger charge is 2.19. The van der Waals surface area contributed by atoms with E-state index in [9.17, 15) is 13.2 Å². The van der Waals surface area contributed by atoms with E-state index in [0.29, 0.717) is 30.4 Å². The lowest BCUT2D eigenvalue weighted by Gasteiger charge is -2.15. The number of amides is 1. The molecule has 2 rings (SSSR count). The molecule has 0 saturated carbocycles. The second-order valence-electron chi connectivity index (χ2n) is 7.02. The Morgan fingerprint density at radius 3 is 2.41 bits per heavy atom. The fourth-order valence-electron chi connectivity index (χ4n) is 2.84. The second-order valence-corrected chi connectivity index (χ2v) is 9.14. The predicted octanol–water partition coefficient (Wildman–Crippen LogP) is 4.09. The van der Waals surface area contributed by atoms with Crippen LogP contribution in [0.5, 0.6) is 11.5 Å². The highest BCUT2D eigenvalue weighted by molar-refractivity contribution is 7.89. The summed E-state index contributed by atoms with van der Waals surface area (Å²) in [4.78, 5) is 12.8. The van der Waals surface area contributed by atoms with Gasteiger partial charge < -0.3 is 19.5 Å². The van der Waals surface area contributed by atoms with Crippen LogP contribution in [0.15, 0.2) is 41.3 Å². The summed E-state index contributed by atoms with van der Waals surface area (Å²) >= 11 is 6.32. The smallest absolute Gasteiger partial charge is 0.255 e. The number of nitrogens with one attached hydrogen (secondary N) is 2.